The van der Waals surface area contributed by atoms with Gasteiger partial charge < -0.3 is 43.8 Å². The average molecular weight is 528 g/mol. The van der Waals surface area contributed by atoms with Gasteiger partial charge in [-0.15, -0.1) is 0 Å². The summed E-state index contributed by atoms with van der Waals surface area (Å²) < 4.78 is 22.9. The van der Waals surface area contributed by atoms with Crippen molar-refractivity contribution in [2.24, 2.45) is 0 Å². The van der Waals surface area contributed by atoms with Crippen LogP contribution in [0.2, 0.25) is 0 Å². The van der Waals surface area contributed by atoms with Crippen LogP contribution in [0.3, 0.4) is 0 Å². The molecule has 38 heavy (non-hydrogen) atoms. The van der Waals surface area contributed by atoms with E-state index in [2.05, 4.69) is 13.8 Å². The summed E-state index contributed by atoms with van der Waals surface area (Å²) in [6.45, 7) is 9.53. The van der Waals surface area contributed by atoms with Crippen LogP contribution in [0.15, 0.2) is 48.5 Å². The zero-order chi connectivity index (χ0) is 28.1. The largest absolute Gasteiger partial charge is 0.494 e. The Morgan fingerprint density at radius 3 is 1.24 bits per heavy atom. The maximum absolute atomic E-state index is 8.68. The number of aliphatic hydroxyl groups is 1. The van der Waals surface area contributed by atoms with E-state index in [1.807, 2.05) is 38.1 Å². The van der Waals surface area contributed by atoms with E-state index in [-0.39, 0.29) is 32.5 Å². The Hall–Kier alpha value is -1.66. The fourth-order valence-corrected chi connectivity index (χ4v) is 3.61. The third-order valence-corrected chi connectivity index (χ3v) is 6.37. The highest BCUT2D eigenvalue weighted by atomic mass is 16.6. The van der Waals surface area contributed by atoms with Gasteiger partial charge in [0.2, 0.25) is 0 Å². The molecule has 0 aromatic heterocycles. The van der Waals surface area contributed by atoms with Gasteiger partial charge in [-0.3, -0.25) is 0 Å². The van der Waals surface area contributed by atoms with Crippen LogP contribution >= 0.6 is 0 Å². The third kappa shape index (κ3) is 10.5. The number of rotatable bonds is 8. The Morgan fingerprint density at radius 2 is 1.03 bits per heavy atom. The van der Waals surface area contributed by atoms with Crippen LogP contribution in [0.25, 0.3) is 0 Å². The van der Waals surface area contributed by atoms with Crippen LogP contribution in [0, 0.1) is 0 Å². The number of hydrogen-bond donors (Lipinski definition) is 5. The topological polar surface area (TPSA) is 138 Å². The molecule has 0 saturated carbocycles. The molecule has 0 amide bonds. The molecular formula is C25H40B4O9. The molecule has 5 N–H and O–H groups in total. The first-order chi connectivity index (χ1) is 18.2. The highest BCUT2D eigenvalue weighted by Crippen LogP contribution is 2.13. The van der Waals surface area contributed by atoms with E-state index in [1.54, 1.807) is 0 Å². The molecule has 2 aliphatic rings. The lowest BCUT2D eigenvalue weighted by molar-refractivity contribution is 0.166. The molecule has 206 valence electrons. The van der Waals surface area contributed by atoms with Gasteiger partial charge in [0, 0.05) is 0 Å². The second-order valence-corrected chi connectivity index (χ2v) is 9.21. The summed E-state index contributed by atoms with van der Waals surface area (Å²) in [5.41, 5.74) is 2.74. The zero-order valence-electron chi connectivity index (χ0n) is 22.8. The smallest absolute Gasteiger partial charge is 0.423 e. The lowest BCUT2D eigenvalue weighted by Crippen LogP contribution is -2.37. The van der Waals surface area contributed by atoms with Gasteiger partial charge in [0.1, 0.15) is 0 Å². The molecule has 0 radical (unpaired) electrons. The van der Waals surface area contributed by atoms with Gasteiger partial charge in [-0.1, -0.05) is 76.2 Å². The lowest BCUT2D eigenvalue weighted by Gasteiger charge is -2.09. The van der Waals surface area contributed by atoms with E-state index in [0.29, 0.717) is 24.1 Å². The van der Waals surface area contributed by atoms with Crippen molar-refractivity contribution in [3.05, 3.63) is 48.5 Å². The van der Waals surface area contributed by atoms with E-state index in [4.69, 9.17) is 43.8 Å². The van der Waals surface area contributed by atoms with E-state index < -0.39 is 14.2 Å². The first kappa shape index (κ1) is 32.6. The lowest BCUT2D eigenvalue weighted by atomic mass is 9.74. The van der Waals surface area contributed by atoms with Crippen molar-refractivity contribution in [3.8, 4) is 0 Å². The van der Waals surface area contributed by atoms with Crippen LogP contribution < -0.4 is 21.9 Å². The van der Waals surface area contributed by atoms with Crippen molar-refractivity contribution in [1.82, 2.24) is 0 Å². The van der Waals surface area contributed by atoms with E-state index in [1.165, 1.54) is 24.3 Å². The molecule has 2 heterocycles. The maximum Gasteiger partial charge on any atom is 0.494 e. The summed E-state index contributed by atoms with van der Waals surface area (Å²) in [5.74, 6) is 0. The molecule has 0 bridgehead atoms. The van der Waals surface area contributed by atoms with Gasteiger partial charge in [0.05, 0.1) is 31.5 Å². The highest BCUT2D eigenvalue weighted by Gasteiger charge is 2.34. The molecule has 0 spiro atoms. The predicted octanol–water partition coefficient (Wildman–Crippen LogP) is -1.06. The molecular weight excluding hydrogens is 488 g/mol. The fourth-order valence-electron chi connectivity index (χ4n) is 3.61. The molecule has 13 heteroatoms. The maximum atomic E-state index is 8.68. The van der Waals surface area contributed by atoms with Crippen molar-refractivity contribution in [1.29, 1.82) is 0 Å². The van der Waals surface area contributed by atoms with Crippen LogP contribution in [-0.4, -0.2) is 85.2 Å². The van der Waals surface area contributed by atoms with Gasteiger partial charge in [0.15, 0.2) is 0 Å². The van der Waals surface area contributed by atoms with Gasteiger partial charge in [-0.25, -0.2) is 0 Å². The molecule has 9 nitrogen and oxygen atoms in total. The molecule has 2 unspecified atom stereocenters. The highest BCUT2D eigenvalue weighted by molar-refractivity contribution is 6.64. The summed E-state index contributed by atoms with van der Waals surface area (Å²) in [7, 11) is -3.50. The second kappa shape index (κ2) is 17.1. The minimum absolute atomic E-state index is 0.0648. The molecule has 2 aliphatic heterocycles. The average Bonchev–Trinajstić information content (AvgIpc) is 3.63. The van der Waals surface area contributed by atoms with Gasteiger partial charge >= 0.3 is 28.5 Å². The molecule has 4 rings (SSSR count). The standard InChI is InChI=1S/C14H20B2O4.C6H8B2O4.C5H12O/c1-3-13-9-17-15(19-13)11-5-7-12(8-6-11)16-18-10-14(4-2)20-16;9-7(10)5-1-2-6(4-3-5)8(11)12;1-3-5(6)4-2/h5-8,13-14H,3-4,9-10H2,1-2H3;1-4,9-12H;5-6H,3-4H2,1-2H3. The predicted molar refractivity (Wildman–Crippen MR) is 152 cm³/mol. The monoisotopic (exact) mass is 528 g/mol. The van der Waals surface area contributed by atoms with Crippen LogP contribution in [-0.2, 0) is 18.6 Å². The molecule has 0 aliphatic carbocycles. The van der Waals surface area contributed by atoms with Gasteiger partial charge in [0.25, 0.3) is 0 Å². The third-order valence-electron chi connectivity index (χ3n) is 6.37. The van der Waals surface area contributed by atoms with Crippen molar-refractivity contribution in [3.63, 3.8) is 0 Å². The quantitative estimate of drug-likeness (QED) is 0.272. The molecule has 2 atom stereocenters. The Balaban J connectivity index is 0.000000239. The van der Waals surface area contributed by atoms with Crippen molar-refractivity contribution < 1.29 is 43.8 Å². The first-order valence-electron chi connectivity index (χ1n) is 13.4. The second-order valence-electron chi connectivity index (χ2n) is 9.21. The van der Waals surface area contributed by atoms with Crippen LogP contribution in [0.4, 0.5) is 0 Å². The normalized spacial score (nSPS) is 18.6. The molecule has 2 aromatic rings. The Morgan fingerprint density at radius 1 is 0.684 bits per heavy atom. The van der Waals surface area contributed by atoms with E-state index >= 15 is 0 Å². The van der Waals surface area contributed by atoms with Gasteiger partial charge in [-0.05, 0) is 47.5 Å². The summed E-state index contributed by atoms with van der Waals surface area (Å²) in [6, 6.07) is 13.8. The number of benzene rings is 2. The Kier molecular flexibility index (Phi) is 14.7. The molecule has 2 aromatic carbocycles. The van der Waals surface area contributed by atoms with E-state index in [9.17, 15) is 0 Å². The van der Waals surface area contributed by atoms with Crippen molar-refractivity contribution in [2.75, 3.05) is 13.2 Å². The molecule has 2 fully saturated rings. The minimum atomic E-state index is -1.52. The van der Waals surface area contributed by atoms with Crippen LogP contribution in [0.1, 0.15) is 53.4 Å². The van der Waals surface area contributed by atoms with Gasteiger partial charge in [-0.2, -0.15) is 0 Å². The Bertz CT molecular complexity index is 831. The summed E-state index contributed by atoms with van der Waals surface area (Å²) >= 11 is 0. The minimum Gasteiger partial charge on any atom is -0.423 e. The van der Waals surface area contributed by atoms with Crippen LogP contribution in [0.5, 0.6) is 0 Å². The number of aliphatic hydroxyl groups excluding tert-OH is 1. The number of hydrogen-bond acceptors (Lipinski definition) is 9. The summed E-state index contributed by atoms with van der Waals surface area (Å²) in [6.07, 6.45) is 4.10. The Labute approximate surface area is 227 Å². The SMILES string of the molecule is CCC(O)CC.CCC1COB(c2ccc(B3OCC(CC)O3)cc2)O1.OB(O)c1ccc(B(O)O)cc1. The van der Waals surface area contributed by atoms with E-state index in [0.717, 1.165) is 36.6 Å². The zero-order valence-corrected chi connectivity index (χ0v) is 22.8. The van der Waals surface area contributed by atoms with Crippen molar-refractivity contribution >= 4 is 50.3 Å². The fraction of sp³-hybridized carbons (Fsp3) is 0.520. The molecule has 2 saturated heterocycles. The first-order valence-corrected chi connectivity index (χ1v) is 13.4. The summed E-state index contributed by atoms with van der Waals surface area (Å²) in [4.78, 5) is 0. The summed E-state index contributed by atoms with van der Waals surface area (Å²) in [5, 5.41) is 43.4. The van der Waals surface area contributed by atoms with Crippen molar-refractivity contribution in [2.45, 2.75) is 71.7 Å².